The van der Waals surface area contributed by atoms with Crippen molar-refractivity contribution in [3.8, 4) is 5.75 Å². The maximum Gasteiger partial charge on any atom is 0.254 e. The summed E-state index contributed by atoms with van der Waals surface area (Å²) in [5, 5.41) is 17.4. The van der Waals surface area contributed by atoms with Crippen LogP contribution in [0.15, 0.2) is 60.7 Å². The minimum atomic E-state index is -1.66. The smallest absolute Gasteiger partial charge is 0.254 e. The lowest BCUT2D eigenvalue weighted by molar-refractivity contribution is -0.147. The number of ether oxygens (including phenoxy) is 1. The standard InChI is InChI=1S/C33H39ClN4O5S/c1-19-8-6-9-20(2)24(19)17-36-31(41)29-33(3,4)44-18-38(29)32(42)28(39)26(16-21-12-14-22(43-5)15-13-21)37-30(40)23-10-7-11-25(35)27(23)34/h6-15,26,28-29,39H,16-18,35H2,1-5H3,(H,36,41)(H,37,40)/t26-,28-,29+/m0/s1. The molecule has 0 aromatic heterocycles. The Morgan fingerprint density at radius 1 is 1.09 bits per heavy atom. The summed E-state index contributed by atoms with van der Waals surface area (Å²) in [6, 6.07) is 15.8. The van der Waals surface area contributed by atoms with Crippen LogP contribution < -0.4 is 21.1 Å². The van der Waals surface area contributed by atoms with Crippen molar-refractivity contribution in [2.24, 2.45) is 0 Å². The Morgan fingerprint density at radius 3 is 2.36 bits per heavy atom. The minimum absolute atomic E-state index is 0.0762. The molecule has 3 aromatic carbocycles. The van der Waals surface area contributed by atoms with E-state index in [1.165, 1.54) is 22.7 Å². The summed E-state index contributed by atoms with van der Waals surface area (Å²) in [6.45, 7) is 8.10. The van der Waals surface area contributed by atoms with Gasteiger partial charge in [-0.15, -0.1) is 11.8 Å². The van der Waals surface area contributed by atoms with Gasteiger partial charge in [0.25, 0.3) is 11.8 Å². The molecule has 1 heterocycles. The van der Waals surface area contributed by atoms with Crippen LogP contribution in [0.5, 0.6) is 5.75 Å². The average Bonchev–Trinajstić information content (AvgIpc) is 3.32. The molecule has 0 unspecified atom stereocenters. The lowest BCUT2D eigenvalue weighted by Crippen LogP contribution is -2.58. The summed E-state index contributed by atoms with van der Waals surface area (Å²) in [5.41, 5.74) is 10.1. The summed E-state index contributed by atoms with van der Waals surface area (Å²) in [4.78, 5) is 42.3. The van der Waals surface area contributed by atoms with Crippen LogP contribution in [0.2, 0.25) is 5.02 Å². The molecular formula is C33H39ClN4O5S. The van der Waals surface area contributed by atoms with Crippen molar-refractivity contribution in [3.05, 3.63) is 93.5 Å². The highest BCUT2D eigenvalue weighted by Crippen LogP contribution is 2.40. The van der Waals surface area contributed by atoms with E-state index >= 15 is 0 Å². The van der Waals surface area contributed by atoms with Gasteiger partial charge in [-0.3, -0.25) is 14.4 Å². The summed E-state index contributed by atoms with van der Waals surface area (Å²) in [7, 11) is 1.56. The number of aryl methyl sites for hydroxylation is 2. The molecule has 1 fully saturated rings. The fraction of sp³-hybridized carbons (Fsp3) is 0.364. The number of nitrogens with zero attached hydrogens (tertiary/aromatic N) is 1. The van der Waals surface area contributed by atoms with Crippen molar-refractivity contribution in [2.75, 3.05) is 18.7 Å². The third kappa shape index (κ3) is 7.31. The molecule has 1 aliphatic heterocycles. The fourth-order valence-corrected chi connectivity index (χ4v) is 6.74. The van der Waals surface area contributed by atoms with Gasteiger partial charge in [0.1, 0.15) is 11.8 Å². The Morgan fingerprint density at radius 2 is 1.73 bits per heavy atom. The molecule has 0 radical (unpaired) electrons. The molecular weight excluding hydrogens is 600 g/mol. The van der Waals surface area contributed by atoms with Crippen molar-refractivity contribution >= 4 is 46.8 Å². The van der Waals surface area contributed by atoms with Gasteiger partial charge in [-0.2, -0.15) is 0 Å². The molecule has 11 heteroatoms. The molecule has 0 saturated carbocycles. The van der Waals surface area contributed by atoms with E-state index < -0.39 is 34.7 Å². The molecule has 1 saturated heterocycles. The van der Waals surface area contributed by atoms with Gasteiger partial charge in [0, 0.05) is 11.3 Å². The van der Waals surface area contributed by atoms with E-state index in [0.717, 1.165) is 22.3 Å². The van der Waals surface area contributed by atoms with Crippen LogP contribution in [0.25, 0.3) is 0 Å². The number of aliphatic hydroxyl groups is 1. The maximum atomic E-state index is 14.0. The predicted octanol–water partition coefficient (Wildman–Crippen LogP) is 4.25. The van der Waals surface area contributed by atoms with Crippen molar-refractivity contribution in [1.29, 1.82) is 0 Å². The lowest BCUT2D eigenvalue weighted by Gasteiger charge is -2.33. The Kier molecular flexibility index (Phi) is 10.5. The van der Waals surface area contributed by atoms with Gasteiger partial charge in [0.05, 0.1) is 35.3 Å². The molecule has 44 heavy (non-hydrogen) atoms. The molecule has 0 bridgehead atoms. The van der Waals surface area contributed by atoms with Gasteiger partial charge in [-0.05, 0) is 80.6 Å². The second-order valence-electron chi connectivity index (χ2n) is 11.5. The predicted molar refractivity (Wildman–Crippen MR) is 175 cm³/mol. The van der Waals surface area contributed by atoms with Crippen LogP contribution in [0.3, 0.4) is 0 Å². The van der Waals surface area contributed by atoms with Crippen LogP contribution in [-0.4, -0.2) is 63.6 Å². The number of hydrogen-bond acceptors (Lipinski definition) is 7. The first kappa shape index (κ1) is 33.2. The van der Waals surface area contributed by atoms with E-state index in [4.69, 9.17) is 22.1 Å². The number of aliphatic hydroxyl groups excluding tert-OH is 1. The maximum absolute atomic E-state index is 14.0. The molecule has 234 valence electrons. The Labute approximate surface area is 267 Å². The number of nitrogens with two attached hydrogens (primary N) is 1. The third-order valence-corrected chi connectivity index (χ3v) is 9.80. The number of hydrogen-bond donors (Lipinski definition) is 4. The highest BCUT2D eigenvalue weighted by molar-refractivity contribution is 8.00. The minimum Gasteiger partial charge on any atom is -0.497 e. The number of anilines is 1. The number of nitrogens with one attached hydrogen (secondary N) is 2. The molecule has 3 aromatic rings. The largest absolute Gasteiger partial charge is 0.497 e. The topological polar surface area (TPSA) is 134 Å². The Bertz CT molecular complexity index is 1510. The van der Waals surface area contributed by atoms with Gasteiger partial charge in [-0.1, -0.05) is 48.0 Å². The monoisotopic (exact) mass is 638 g/mol. The molecule has 3 amide bonds. The molecule has 1 aliphatic rings. The third-order valence-electron chi connectivity index (χ3n) is 8.00. The van der Waals surface area contributed by atoms with E-state index in [0.29, 0.717) is 12.3 Å². The molecule has 0 aliphatic carbocycles. The van der Waals surface area contributed by atoms with Crippen molar-refractivity contribution in [1.82, 2.24) is 15.5 Å². The Balaban J connectivity index is 1.58. The molecule has 5 N–H and O–H groups in total. The number of benzene rings is 3. The lowest BCUT2D eigenvalue weighted by atomic mass is 9.96. The summed E-state index contributed by atoms with van der Waals surface area (Å²) in [6.07, 6.45) is -1.54. The zero-order chi connectivity index (χ0) is 32.2. The first-order valence-corrected chi connectivity index (χ1v) is 15.6. The average molecular weight is 639 g/mol. The number of carbonyl (C=O) groups excluding carboxylic acids is 3. The van der Waals surface area contributed by atoms with E-state index in [1.807, 2.05) is 45.9 Å². The van der Waals surface area contributed by atoms with Crippen LogP contribution in [0.1, 0.15) is 46.5 Å². The first-order valence-electron chi connectivity index (χ1n) is 14.3. The highest BCUT2D eigenvalue weighted by Gasteiger charge is 2.49. The number of halogens is 1. The SMILES string of the molecule is COc1ccc(C[C@H](NC(=O)c2cccc(N)c2Cl)[C@H](O)C(=O)N2CSC(C)(C)[C@H]2C(=O)NCc2c(C)cccc2C)cc1. The number of methoxy groups -OCH3 is 1. The summed E-state index contributed by atoms with van der Waals surface area (Å²) < 4.78 is 4.62. The Hall–Kier alpha value is -3.73. The zero-order valence-corrected chi connectivity index (χ0v) is 27.1. The van der Waals surface area contributed by atoms with Crippen molar-refractivity contribution in [2.45, 2.75) is 63.6 Å². The van der Waals surface area contributed by atoms with Crippen LogP contribution >= 0.6 is 23.4 Å². The van der Waals surface area contributed by atoms with Gasteiger partial charge in [0.2, 0.25) is 5.91 Å². The van der Waals surface area contributed by atoms with Crippen LogP contribution in [-0.2, 0) is 22.6 Å². The van der Waals surface area contributed by atoms with Crippen molar-refractivity contribution < 1.29 is 24.2 Å². The van der Waals surface area contributed by atoms with Gasteiger partial charge < -0.3 is 31.1 Å². The van der Waals surface area contributed by atoms with Gasteiger partial charge in [-0.25, -0.2) is 0 Å². The van der Waals surface area contributed by atoms with E-state index in [1.54, 1.807) is 43.5 Å². The highest BCUT2D eigenvalue weighted by atomic mass is 35.5. The van der Waals surface area contributed by atoms with Crippen molar-refractivity contribution in [3.63, 3.8) is 0 Å². The number of thioether (sulfide) groups is 1. The molecule has 3 atom stereocenters. The van der Waals surface area contributed by atoms with Crippen LogP contribution in [0, 0.1) is 13.8 Å². The van der Waals surface area contributed by atoms with Crippen LogP contribution in [0.4, 0.5) is 5.69 Å². The number of amides is 3. The first-order chi connectivity index (χ1) is 20.8. The number of nitrogen functional groups attached to an aromatic ring is 1. The normalized spacial score (nSPS) is 17.1. The second-order valence-corrected chi connectivity index (χ2v) is 13.4. The molecule has 4 rings (SSSR count). The summed E-state index contributed by atoms with van der Waals surface area (Å²) in [5.74, 6) is -0.720. The molecule has 9 nitrogen and oxygen atoms in total. The second kappa shape index (κ2) is 13.9. The zero-order valence-electron chi connectivity index (χ0n) is 25.5. The number of rotatable bonds is 10. The van der Waals surface area contributed by atoms with E-state index in [2.05, 4.69) is 10.6 Å². The van der Waals surface area contributed by atoms with E-state index in [9.17, 15) is 19.5 Å². The quantitative estimate of drug-likeness (QED) is 0.244. The fourth-order valence-electron chi connectivity index (χ4n) is 5.38. The van der Waals surface area contributed by atoms with E-state index in [-0.39, 0.29) is 34.5 Å². The summed E-state index contributed by atoms with van der Waals surface area (Å²) >= 11 is 7.76. The molecule has 0 spiro atoms. The number of carbonyl (C=O) groups is 3. The van der Waals surface area contributed by atoms with Gasteiger partial charge in [0.15, 0.2) is 6.10 Å². The van der Waals surface area contributed by atoms with Gasteiger partial charge >= 0.3 is 0 Å².